The zero-order chi connectivity index (χ0) is 19.8. The summed E-state index contributed by atoms with van der Waals surface area (Å²) >= 11 is 0. The van der Waals surface area contributed by atoms with E-state index in [-0.39, 0.29) is 0 Å². The molecule has 0 spiro atoms. The molecule has 0 aliphatic heterocycles. The second-order valence-corrected chi connectivity index (χ2v) is 10.9. The predicted molar refractivity (Wildman–Crippen MR) is 127 cm³/mol. The second kappa shape index (κ2) is 10.1. The van der Waals surface area contributed by atoms with E-state index < -0.39 is 7.05 Å². The fourth-order valence-corrected chi connectivity index (χ4v) is 7.87. The number of rotatable bonds is 6. The highest BCUT2D eigenvalue weighted by Gasteiger charge is 2.26. The summed E-state index contributed by atoms with van der Waals surface area (Å²) in [5, 5.41) is 7.75. The second-order valence-electron chi connectivity index (χ2n) is 7.83. The zero-order valence-electron chi connectivity index (χ0n) is 17.1. The van der Waals surface area contributed by atoms with Crippen LogP contribution in [0.1, 0.15) is 38.5 Å². The summed E-state index contributed by atoms with van der Waals surface area (Å²) in [6.07, 6.45) is 8.00. The lowest BCUT2D eigenvalue weighted by molar-refractivity contribution is 0.469. The molecule has 0 heterocycles. The Hall–Kier alpha value is -2.15. The molecule has 150 valence electrons. The van der Waals surface area contributed by atoms with E-state index in [2.05, 4.69) is 96.3 Å². The minimum atomic E-state index is -2.07. The zero-order valence-corrected chi connectivity index (χ0v) is 18.0. The lowest BCUT2D eigenvalue weighted by atomic mass is 10.1. The van der Waals surface area contributed by atoms with Crippen LogP contribution in [0.25, 0.3) is 0 Å². The van der Waals surface area contributed by atoms with E-state index in [9.17, 15) is 0 Å². The van der Waals surface area contributed by atoms with Crippen LogP contribution in [-0.4, -0.2) is 12.7 Å². The molecule has 0 unspecified atom stereocenters. The van der Waals surface area contributed by atoms with Crippen molar-refractivity contribution in [1.29, 1.82) is 0 Å². The third-order valence-electron chi connectivity index (χ3n) is 5.91. The van der Waals surface area contributed by atoms with E-state index in [1.54, 1.807) is 0 Å². The normalized spacial score (nSPS) is 15.6. The van der Waals surface area contributed by atoms with Crippen LogP contribution < -0.4 is 21.2 Å². The van der Waals surface area contributed by atoms with E-state index in [0.29, 0.717) is 12.7 Å². The van der Waals surface area contributed by atoms with Crippen molar-refractivity contribution in [2.75, 3.05) is 6.67 Å². The van der Waals surface area contributed by atoms with Crippen molar-refractivity contribution >= 4 is 23.0 Å². The smallest absolute Gasteiger partial charge is 0.0883 e. The molecule has 0 amide bonds. The molecular weight excluding hydrogens is 371 g/mol. The van der Waals surface area contributed by atoms with Gasteiger partial charge in [0.25, 0.3) is 0 Å². The Balaban J connectivity index is 1.79. The van der Waals surface area contributed by atoms with Crippen molar-refractivity contribution in [3.8, 4) is 0 Å². The summed E-state index contributed by atoms with van der Waals surface area (Å²) in [5.74, 6) is 0. The standard InChI is InChI=1S/C26H31N2P/c1-2-7-15-23(14-6-1)27-22-28-29(24-16-8-3-9-17-24,25-18-10-4-11-19-25)26-20-12-5-13-21-26/h3-5,8-13,16-21,23,27H,1-2,6-7,14-15,22H2. The molecule has 1 aliphatic carbocycles. The van der Waals surface area contributed by atoms with Gasteiger partial charge in [0.05, 0.1) is 13.7 Å². The quantitative estimate of drug-likeness (QED) is 0.431. The van der Waals surface area contributed by atoms with Crippen molar-refractivity contribution in [3.05, 3.63) is 91.0 Å². The third kappa shape index (κ3) is 4.71. The van der Waals surface area contributed by atoms with Gasteiger partial charge >= 0.3 is 0 Å². The minimum absolute atomic E-state index is 0.602. The van der Waals surface area contributed by atoms with Gasteiger partial charge in [-0.15, -0.1) is 0 Å². The van der Waals surface area contributed by atoms with Crippen LogP contribution in [0.2, 0.25) is 0 Å². The van der Waals surface area contributed by atoms with Crippen molar-refractivity contribution in [3.63, 3.8) is 0 Å². The van der Waals surface area contributed by atoms with Crippen LogP contribution in [-0.2, 0) is 0 Å². The Labute approximate surface area is 175 Å². The van der Waals surface area contributed by atoms with Gasteiger partial charge < -0.3 is 0 Å². The molecule has 29 heavy (non-hydrogen) atoms. The van der Waals surface area contributed by atoms with Gasteiger partial charge in [0.2, 0.25) is 0 Å². The summed E-state index contributed by atoms with van der Waals surface area (Å²) < 4.78 is 5.49. The first-order chi connectivity index (χ1) is 14.4. The Morgan fingerprint density at radius 1 is 0.621 bits per heavy atom. The van der Waals surface area contributed by atoms with Crippen LogP contribution >= 0.6 is 7.05 Å². The van der Waals surface area contributed by atoms with Crippen LogP contribution in [0.4, 0.5) is 0 Å². The maximum absolute atomic E-state index is 5.49. The van der Waals surface area contributed by atoms with Gasteiger partial charge in [-0.3, -0.25) is 10.1 Å². The van der Waals surface area contributed by atoms with E-state index in [0.717, 1.165) is 0 Å². The molecule has 0 saturated heterocycles. The summed E-state index contributed by atoms with van der Waals surface area (Å²) in [4.78, 5) is 0. The average Bonchev–Trinajstić information content (AvgIpc) is 3.08. The molecule has 3 aromatic carbocycles. The molecule has 0 radical (unpaired) electrons. The minimum Gasteiger partial charge on any atom is -0.296 e. The molecule has 1 N–H and O–H groups in total. The highest BCUT2D eigenvalue weighted by Crippen LogP contribution is 2.46. The van der Waals surface area contributed by atoms with E-state index in [1.165, 1.54) is 54.4 Å². The van der Waals surface area contributed by atoms with Gasteiger partial charge in [-0.25, -0.2) is 0 Å². The molecule has 0 atom stereocenters. The molecule has 0 bridgehead atoms. The van der Waals surface area contributed by atoms with Crippen molar-refractivity contribution in [2.24, 2.45) is 4.74 Å². The molecule has 3 aromatic rings. The molecule has 1 fully saturated rings. The van der Waals surface area contributed by atoms with E-state index in [1.807, 2.05) is 0 Å². The van der Waals surface area contributed by atoms with Crippen LogP contribution in [0, 0.1) is 0 Å². The van der Waals surface area contributed by atoms with Crippen molar-refractivity contribution in [2.45, 2.75) is 44.6 Å². The number of hydrogen-bond acceptors (Lipinski definition) is 2. The Morgan fingerprint density at radius 2 is 1.03 bits per heavy atom. The van der Waals surface area contributed by atoms with Crippen molar-refractivity contribution in [1.82, 2.24) is 5.32 Å². The summed E-state index contributed by atoms with van der Waals surface area (Å²) in [5.41, 5.74) is 0. The Kier molecular flexibility index (Phi) is 6.98. The van der Waals surface area contributed by atoms with Crippen LogP contribution in [0.15, 0.2) is 95.7 Å². The molecule has 2 nitrogen and oxygen atoms in total. The number of hydrogen-bond donors (Lipinski definition) is 1. The number of nitrogens with zero attached hydrogens (tertiary/aromatic N) is 1. The van der Waals surface area contributed by atoms with Gasteiger partial charge in [0, 0.05) is 22.0 Å². The first-order valence-corrected chi connectivity index (χ1v) is 12.6. The highest BCUT2D eigenvalue weighted by molar-refractivity contribution is 7.87. The summed E-state index contributed by atoms with van der Waals surface area (Å²) in [6, 6.07) is 33.3. The van der Waals surface area contributed by atoms with Gasteiger partial charge in [-0.1, -0.05) is 117 Å². The topological polar surface area (TPSA) is 24.4 Å². The molecule has 4 rings (SSSR count). The lowest BCUT2D eigenvalue weighted by Crippen LogP contribution is -2.31. The Morgan fingerprint density at radius 3 is 1.45 bits per heavy atom. The SMILES string of the molecule is c1ccc(P(=NCNC2CCCCCC2)(c2ccccc2)c2ccccc2)cc1. The molecule has 3 heteroatoms. The monoisotopic (exact) mass is 402 g/mol. The fraction of sp³-hybridized carbons (Fsp3) is 0.308. The number of benzene rings is 3. The Bertz CT molecular complexity index is 811. The molecule has 0 aromatic heterocycles. The molecule has 1 aliphatic rings. The summed E-state index contributed by atoms with van der Waals surface area (Å²) in [7, 11) is -2.07. The maximum Gasteiger partial charge on any atom is 0.0883 e. The first-order valence-electron chi connectivity index (χ1n) is 10.9. The van der Waals surface area contributed by atoms with Gasteiger partial charge in [0.15, 0.2) is 0 Å². The average molecular weight is 403 g/mol. The van der Waals surface area contributed by atoms with Crippen molar-refractivity contribution < 1.29 is 0 Å². The summed E-state index contributed by atoms with van der Waals surface area (Å²) in [6.45, 7) is 0.705. The highest BCUT2D eigenvalue weighted by atomic mass is 31.2. The molecule has 1 saturated carbocycles. The van der Waals surface area contributed by atoms with Gasteiger partial charge in [-0.2, -0.15) is 0 Å². The third-order valence-corrected chi connectivity index (χ3v) is 9.61. The van der Waals surface area contributed by atoms with Gasteiger partial charge in [-0.05, 0) is 12.8 Å². The van der Waals surface area contributed by atoms with Gasteiger partial charge in [0.1, 0.15) is 0 Å². The predicted octanol–water partition coefficient (Wildman–Crippen LogP) is 5.43. The number of nitrogens with one attached hydrogen (secondary N) is 1. The molecular formula is C26H31N2P. The van der Waals surface area contributed by atoms with E-state index in [4.69, 9.17) is 4.74 Å². The van der Waals surface area contributed by atoms with Crippen LogP contribution in [0.5, 0.6) is 0 Å². The fourth-order valence-electron chi connectivity index (χ4n) is 4.38. The maximum atomic E-state index is 5.49. The van der Waals surface area contributed by atoms with E-state index >= 15 is 0 Å². The van der Waals surface area contributed by atoms with Crippen LogP contribution in [0.3, 0.4) is 0 Å². The lowest BCUT2D eigenvalue weighted by Gasteiger charge is -2.27. The first kappa shape index (κ1) is 20.1. The largest absolute Gasteiger partial charge is 0.296 e.